The van der Waals surface area contributed by atoms with Gasteiger partial charge in [0.2, 0.25) is 5.95 Å². The predicted octanol–water partition coefficient (Wildman–Crippen LogP) is 4.67. The molecule has 0 radical (unpaired) electrons. The molecule has 0 unspecified atom stereocenters. The van der Waals surface area contributed by atoms with Crippen molar-refractivity contribution in [3.8, 4) is 0 Å². The number of aromatic nitrogens is 2. The first-order chi connectivity index (χ1) is 14.2. The summed E-state index contributed by atoms with van der Waals surface area (Å²) in [6, 6.07) is 17.4. The van der Waals surface area contributed by atoms with Crippen LogP contribution in [0.4, 0.5) is 23.1 Å². The SMILES string of the molecule is Cc1cccc(Nc2ccnc(Nc3cccc(C(=O)N4CC=CCC4)c3)n2)c1. The second kappa shape index (κ2) is 8.56. The van der Waals surface area contributed by atoms with Crippen LogP contribution in [-0.2, 0) is 0 Å². The number of hydrogen-bond acceptors (Lipinski definition) is 5. The van der Waals surface area contributed by atoms with Gasteiger partial charge in [-0.3, -0.25) is 4.79 Å². The maximum absolute atomic E-state index is 12.7. The van der Waals surface area contributed by atoms with Crippen molar-refractivity contribution in [1.29, 1.82) is 0 Å². The van der Waals surface area contributed by atoms with Crippen molar-refractivity contribution in [2.24, 2.45) is 0 Å². The van der Waals surface area contributed by atoms with E-state index in [0.29, 0.717) is 23.9 Å². The van der Waals surface area contributed by atoms with Crippen LogP contribution in [0.15, 0.2) is 72.9 Å². The monoisotopic (exact) mass is 385 g/mol. The highest BCUT2D eigenvalue weighted by Crippen LogP contribution is 2.20. The van der Waals surface area contributed by atoms with E-state index in [9.17, 15) is 4.79 Å². The zero-order valence-corrected chi connectivity index (χ0v) is 16.3. The van der Waals surface area contributed by atoms with E-state index in [1.165, 1.54) is 5.56 Å². The summed E-state index contributed by atoms with van der Waals surface area (Å²) in [5.41, 5.74) is 3.57. The molecule has 0 aliphatic carbocycles. The zero-order valence-electron chi connectivity index (χ0n) is 16.3. The van der Waals surface area contributed by atoms with Crippen molar-refractivity contribution >= 4 is 29.0 Å². The van der Waals surface area contributed by atoms with E-state index in [1.54, 1.807) is 6.20 Å². The second-order valence-corrected chi connectivity index (χ2v) is 6.98. The number of carbonyl (C=O) groups is 1. The molecule has 1 aliphatic heterocycles. The average molecular weight is 385 g/mol. The standard InChI is InChI=1S/C23H23N5O/c1-17-7-5-9-19(15-17)25-21-11-12-24-23(27-21)26-20-10-6-8-18(16-20)22(29)28-13-3-2-4-14-28/h2-3,5-12,15-16H,4,13-14H2,1H3,(H2,24,25,26,27). The quantitative estimate of drug-likeness (QED) is 0.625. The molecular weight excluding hydrogens is 362 g/mol. The molecule has 29 heavy (non-hydrogen) atoms. The van der Waals surface area contributed by atoms with E-state index in [0.717, 1.165) is 24.3 Å². The first-order valence-corrected chi connectivity index (χ1v) is 9.65. The van der Waals surface area contributed by atoms with Gasteiger partial charge in [0, 0.05) is 36.2 Å². The molecule has 1 amide bonds. The predicted molar refractivity (Wildman–Crippen MR) is 116 cm³/mol. The van der Waals surface area contributed by atoms with Gasteiger partial charge in [0.05, 0.1) is 0 Å². The van der Waals surface area contributed by atoms with Gasteiger partial charge in [-0.1, -0.05) is 30.4 Å². The minimum Gasteiger partial charge on any atom is -0.340 e. The molecule has 0 saturated heterocycles. The zero-order chi connectivity index (χ0) is 20.1. The first kappa shape index (κ1) is 18.7. The Morgan fingerprint density at radius 3 is 2.62 bits per heavy atom. The topological polar surface area (TPSA) is 70.2 Å². The third kappa shape index (κ3) is 4.79. The summed E-state index contributed by atoms with van der Waals surface area (Å²) in [6.45, 7) is 3.46. The van der Waals surface area contributed by atoms with Crippen LogP contribution in [0.25, 0.3) is 0 Å². The van der Waals surface area contributed by atoms with Gasteiger partial charge in [-0.15, -0.1) is 0 Å². The van der Waals surface area contributed by atoms with E-state index < -0.39 is 0 Å². The Morgan fingerprint density at radius 1 is 1.00 bits per heavy atom. The van der Waals surface area contributed by atoms with Crippen molar-refractivity contribution in [2.45, 2.75) is 13.3 Å². The van der Waals surface area contributed by atoms with E-state index in [2.05, 4.69) is 32.7 Å². The lowest BCUT2D eigenvalue weighted by atomic mass is 10.1. The maximum atomic E-state index is 12.7. The summed E-state index contributed by atoms with van der Waals surface area (Å²) >= 11 is 0. The average Bonchev–Trinajstić information content (AvgIpc) is 2.74. The number of aryl methyl sites for hydroxylation is 1. The Bertz CT molecular complexity index is 1050. The van der Waals surface area contributed by atoms with Crippen LogP contribution >= 0.6 is 0 Å². The lowest BCUT2D eigenvalue weighted by Gasteiger charge is -2.23. The summed E-state index contributed by atoms with van der Waals surface area (Å²) in [6.07, 6.45) is 6.74. The minimum absolute atomic E-state index is 0.0359. The van der Waals surface area contributed by atoms with Crippen LogP contribution in [0.5, 0.6) is 0 Å². The molecule has 1 aromatic heterocycles. The lowest BCUT2D eigenvalue weighted by Crippen LogP contribution is -2.33. The van der Waals surface area contributed by atoms with Crippen molar-refractivity contribution in [2.75, 3.05) is 23.7 Å². The Labute approximate surface area is 170 Å². The molecular formula is C23H23N5O. The molecule has 4 rings (SSSR count). The van der Waals surface area contributed by atoms with E-state index >= 15 is 0 Å². The summed E-state index contributed by atoms with van der Waals surface area (Å²) in [7, 11) is 0. The highest BCUT2D eigenvalue weighted by molar-refractivity contribution is 5.95. The highest BCUT2D eigenvalue weighted by atomic mass is 16.2. The number of benzene rings is 2. The van der Waals surface area contributed by atoms with Gasteiger partial charge in [-0.05, 0) is 55.3 Å². The summed E-state index contributed by atoms with van der Waals surface area (Å²) in [5, 5.41) is 6.48. The number of anilines is 4. The molecule has 3 aromatic rings. The number of hydrogen-bond donors (Lipinski definition) is 2. The molecule has 2 aromatic carbocycles. The largest absolute Gasteiger partial charge is 0.340 e. The van der Waals surface area contributed by atoms with Crippen LogP contribution < -0.4 is 10.6 Å². The molecule has 1 aliphatic rings. The van der Waals surface area contributed by atoms with E-state index in [1.807, 2.05) is 66.4 Å². The first-order valence-electron chi connectivity index (χ1n) is 9.65. The smallest absolute Gasteiger partial charge is 0.254 e. The van der Waals surface area contributed by atoms with Gasteiger partial charge >= 0.3 is 0 Å². The number of nitrogens with one attached hydrogen (secondary N) is 2. The van der Waals surface area contributed by atoms with Crippen molar-refractivity contribution in [3.63, 3.8) is 0 Å². The molecule has 0 saturated carbocycles. The number of nitrogens with zero attached hydrogens (tertiary/aromatic N) is 3. The Morgan fingerprint density at radius 2 is 1.83 bits per heavy atom. The molecule has 6 heteroatoms. The molecule has 0 bridgehead atoms. The summed E-state index contributed by atoms with van der Waals surface area (Å²) < 4.78 is 0. The Balaban J connectivity index is 1.48. The van der Waals surface area contributed by atoms with E-state index in [4.69, 9.17) is 0 Å². The van der Waals surface area contributed by atoms with E-state index in [-0.39, 0.29) is 5.91 Å². The van der Waals surface area contributed by atoms with Crippen LogP contribution in [0, 0.1) is 6.92 Å². The molecule has 2 N–H and O–H groups in total. The van der Waals surface area contributed by atoms with Crippen molar-refractivity contribution in [1.82, 2.24) is 14.9 Å². The molecule has 2 heterocycles. The fraction of sp³-hybridized carbons (Fsp3) is 0.174. The highest BCUT2D eigenvalue weighted by Gasteiger charge is 2.16. The Hall–Kier alpha value is -3.67. The van der Waals surface area contributed by atoms with Gasteiger partial charge in [0.15, 0.2) is 0 Å². The van der Waals surface area contributed by atoms with Crippen LogP contribution in [0.2, 0.25) is 0 Å². The molecule has 0 spiro atoms. The Kier molecular flexibility index (Phi) is 5.52. The van der Waals surface area contributed by atoms with Crippen LogP contribution in [-0.4, -0.2) is 33.9 Å². The van der Waals surface area contributed by atoms with Gasteiger partial charge in [-0.25, -0.2) is 4.98 Å². The summed E-state index contributed by atoms with van der Waals surface area (Å²) in [4.78, 5) is 23.4. The number of amides is 1. The summed E-state index contributed by atoms with van der Waals surface area (Å²) in [5.74, 6) is 1.20. The molecule has 6 nitrogen and oxygen atoms in total. The fourth-order valence-electron chi connectivity index (χ4n) is 3.23. The minimum atomic E-state index is 0.0359. The maximum Gasteiger partial charge on any atom is 0.254 e. The molecule has 0 atom stereocenters. The van der Waals surface area contributed by atoms with Gasteiger partial charge < -0.3 is 15.5 Å². The number of rotatable bonds is 5. The molecule has 146 valence electrons. The van der Waals surface area contributed by atoms with Gasteiger partial charge in [0.25, 0.3) is 5.91 Å². The molecule has 0 fully saturated rings. The third-order valence-electron chi connectivity index (χ3n) is 4.66. The third-order valence-corrected chi connectivity index (χ3v) is 4.66. The van der Waals surface area contributed by atoms with Crippen molar-refractivity contribution in [3.05, 3.63) is 84.1 Å². The lowest BCUT2D eigenvalue weighted by molar-refractivity contribution is 0.0771. The van der Waals surface area contributed by atoms with Crippen LogP contribution in [0.1, 0.15) is 22.3 Å². The fourth-order valence-corrected chi connectivity index (χ4v) is 3.23. The second-order valence-electron chi connectivity index (χ2n) is 6.98. The van der Waals surface area contributed by atoms with Crippen LogP contribution in [0.3, 0.4) is 0 Å². The van der Waals surface area contributed by atoms with Gasteiger partial charge in [-0.2, -0.15) is 4.98 Å². The van der Waals surface area contributed by atoms with Crippen molar-refractivity contribution < 1.29 is 4.79 Å². The normalized spacial score (nSPS) is 13.2. The van der Waals surface area contributed by atoms with Gasteiger partial charge in [0.1, 0.15) is 5.82 Å². The number of carbonyl (C=O) groups excluding carboxylic acids is 1.